The maximum absolute atomic E-state index is 10.7. The van der Waals surface area contributed by atoms with E-state index in [-0.39, 0.29) is 17.8 Å². The summed E-state index contributed by atoms with van der Waals surface area (Å²) in [6.07, 6.45) is 0.213. The van der Waals surface area contributed by atoms with Crippen molar-refractivity contribution in [3.63, 3.8) is 0 Å². The Bertz CT molecular complexity index is 314. The van der Waals surface area contributed by atoms with Crippen LogP contribution in [0.4, 0.5) is 0 Å². The first-order valence-electron chi connectivity index (χ1n) is 3.39. The van der Waals surface area contributed by atoms with Gasteiger partial charge in [0, 0.05) is 11.8 Å². The Labute approximate surface area is 73.6 Å². The summed E-state index contributed by atoms with van der Waals surface area (Å²) in [6.45, 7) is 1.45. The van der Waals surface area contributed by atoms with E-state index in [1.807, 2.05) is 0 Å². The minimum atomic E-state index is -0.965. The minimum absolute atomic E-state index is 0.0177. The Kier molecular flexibility index (Phi) is 2.60. The molecule has 0 saturated heterocycles. The van der Waals surface area contributed by atoms with Crippen LogP contribution in [0.3, 0.4) is 0 Å². The number of carboxylic acids is 1. The predicted octanol–water partition coefficient (Wildman–Crippen LogP) is 1.58. The van der Waals surface area contributed by atoms with Gasteiger partial charge < -0.3 is 5.11 Å². The molecule has 0 atom stereocenters. The van der Waals surface area contributed by atoms with E-state index in [9.17, 15) is 9.59 Å². The zero-order valence-corrected chi connectivity index (χ0v) is 7.35. The molecule has 0 aliphatic carbocycles. The van der Waals surface area contributed by atoms with E-state index in [2.05, 4.69) is 0 Å². The highest BCUT2D eigenvalue weighted by molar-refractivity contribution is 7.08. The fraction of sp³-hybridized carbons (Fsp3) is 0.250. The van der Waals surface area contributed by atoms with Crippen molar-refractivity contribution in [3.05, 3.63) is 21.9 Å². The van der Waals surface area contributed by atoms with Crippen molar-refractivity contribution >= 4 is 23.1 Å². The Balaban J connectivity index is 2.91. The Hall–Kier alpha value is -1.16. The number of rotatable bonds is 3. The Morgan fingerprint density at radius 2 is 2.17 bits per heavy atom. The molecule has 0 saturated carbocycles. The van der Waals surface area contributed by atoms with Gasteiger partial charge in [-0.25, -0.2) is 4.79 Å². The highest BCUT2D eigenvalue weighted by Gasteiger charge is 2.11. The second-order valence-corrected chi connectivity index (χ2v) is 3.24. The quantitative estimate of drug-likeness (QED) is 0.775. The highest BCUT2D eigenvalue weighted by Crippen LogP contribution is 2.15. The number of carboxylic acid groups (broad SMARTS) is 1. The molecule has 64 valence electrons. The molecule has 0 aliphatic heterocycles. The number of hydrogen-bond donors (Lipinski definition) is 1. The first-order valence-corrected chi connectivity index (χ1v) is 4.33. The van der Waals surface area contributed by atoms with Crippen LogP contribution < -0.4 is 0 Å². The third-order valence-electron chi connectivity index (χ3n) is 1.41. The van der Waals surface area contributed by atoms with E-state index in [1.165, 1.54) is 18.3 Å². The summed E-state index contributed by atoms with van der Waals surface area (Å²) >= 11 is 1.30. The zero-order valence-electron chi connectivity index (χ0n) is 6.53. The van der Waals surface area contributed by atoms with Crippen LogP contribution in [-0.4, -0.2) is 16.9 Å². The molecule has 12 heavy (non-hydrogen) atoms. The van der Waals surface area contributed by atoms with Gasteiger partial charge >= 0.3 is 5.97 Å². The second kappa shape index (κ2) is 3.49. The molecule has 0 aliphatic rings. The van der Waals surface area contributed by atoms with Gasteiger partial charge in [0.25, 0.3) is 0 Å². The van der Waals surface area contributed by atoms with Gasteiger partial charge in [-0.05, 0) is 17.9 Å². The molecule has 0 aromatic carbocycles. The largest absolute Gasteiger partial charge is 0.478 e. The zero-order chi connectivity index (χ0) is 9.14. The van der Waals surface area contributed by atoms with Gasteiger partial charge in [-0.1, -0.05) is 0 Å². The summed E-state index contributed by atoms with van der Waals surface area (Å²) in [5, 5.41) is 11.9. The third-order valence-corrected chi connectivity index (χ3v) is 2.20. The van der Waals surface area contributed by atoms with Crippen LogP contribution in [0, 0.1) is 0 Å². The van der Waals surface area contributed by atoms with Crippen molar-refractivity contribution in [2.24, 2.45) is 0 Å². The SMILES string of the molecule is CC(=O)Cc1cscc1C(=O)O. The molecule has 0 spiro atoms. The van der Waals surface area contributed by atoms with Crippen molar-refractivity contribution < 1.29 is 14.7 Å². The van der Waals surface area contributed by atoms with Gasteiger partial charge in [-0.3, -0.25) is 4.79 Å². The highest BCUT2D eigenvalue weighted by atomic mass is 32.1. The first kappa shape index (κ1) is 8.93. The first-order chi connectivity index (χ1) is 5.61. The molecule has 4 heteroatoms. The molecule has 0 amide bonds. The van der Waals surface area contributed by atoms with Crippen LogP contribution in [0.2, 0.25) is 0 Å². The van der Waals surface area contributed by atoms with Crippen LogP contribution >= 0.6 is 11.3 Å². The number of hydrogen-bond acceptors (Lipinski definition) is 3. The summed E-state index contributed by atoms with van der Waals surface area (Å²) in [5.41, 5.74) is 0.857. The summed E-state index contributed by atoms with van der Waals surface area (Å²) in [6, 6.07) is 0. The smallest absolute Gasteiger partial charge is 0.336 e. The lowest BCUT2D eigenvalue weighted by Gasteiger charge is -1.94. The van der Waals surface area contributed by atoms with Crippen LogP contribution in [0.5, 0.6) is 0 Å². The topological polar surface area (TPSA) is 54.4 Å². The summed E-state index contributed by atoms with van der Waals surface area (Å²) in [7, 11) is 0. The average molecular weight is 184 g/mol. The van der Waals surface area contributed by atoms with Crippen molar-refractivity contribution in [1.29, 1.82) is 0 Å². The van der Waals surface area contributed by atoms with Crippen LogP contribution in [0.15, 0.2) is 10.8 Å². The number of Topliss-reactive ketones (excluding diaryl/α,β-unsaturated/α-hetero) is 1. The van der Waals surface area contributed by atoms with Crippen molar-refractivity contribution in [2.45, 2.75) is 13.3 Å². The molecule has 0 bridgehead atoms. The fourth-order valence-electron chi connectivity index (χ4n) is 0.916. The van der Waals surface area contributed by atoms with E-state index < -0.39 is 5.97 Å². The molecule has 0 radical (unpaired) electrons. The number of aromatic carboxylic acids is 1. The number of carbonyl (C=O) groups excluding carboxylic acids is 1. The van der Waals surface area contributed by atoms with E-state index in [0.29, 0.717) is 5.56 Å². The summed E-state index contributed by atoms with van der Waals surface area (Å²) in [4.78, 5) is 21.3. The number of ketones is 1. The van der Waals surface area contributed by atoms with E-state index >= 15 is 0 Å². The maximum Gasteiger partial charge on any atom is 0.336 e. The minimum Gasteiger partial charge on any atom is -0.478 e. The summed E-state index contributed by atoms with van der Waals surface area (Å²) in [5.74, 6) is -0.983. The van der Waals surface area contributed by atoms with E-state index in [4.69, 9.17) is 5.11 Å². The summed E-state index contributed by atoms with van der Waals surface area (Å²) < 4.78 is 0. The number of carbonyl (C=O) groups is 2. The van der Waals surface area contributed by atoms with Crippen molar-refractivity contribution in [1.82, 2.24) is 0 Å². The normalized spacial score (nSPS) is 9.75. The maximum atomic E-state index is 10.7. The van der Waals surface area contributed by atoms with E-state index in [1.54, 1.807) is 10.8 Å². The molecule has 0 unspecified atom stereocenters. The molecule has 1 aromatic heterocycles. The van der Waals surface area contributed by atoms with Crippen molar-refractivity contribution in [2.75, 3.05) is 0 Å². The van der Waals surface area contributed by atoms with Crippen LogP contribution in [-0.2, 0) is 11.2 Å². The Morgan fingerprint density at radius 1 is 1.50 bits per heavy atom. The molecule has 1 heterocycles. The average Bonchev–Trinajstić information content (AvgIpc) is 2.33. The van der Waals surface area contributed by atoms with E-state index in [0.717, 1.165) is 0 Å². The van der Waals surface area contributed by atoms with Gasteiger partial charge in [-0.15, -0.1) is 0 Å². The lowest BCUT2D eigenvalue weighted by molar-refractivity contribution is -0.116. The van der Waals surface area contributed by atoms with Gasteiger partial charge in [0.15, 0.2) is 0 Å². The standard InChI is InChI=1S/C8H8O3S/c1-5(9)2-6-3-12-4-7(6)8(10)11/h3-4H,2H2,1H3,(H,10,11). The van der Waals surface area contributed by atoms with Crippen LogP contribution in [0.25, 0.3) is 0 Å². The van der Waals surface area contributed by atoms with Crippen LogP contribution in [0.1, 0.15) is 22.8 Å². The molecule has 1 rings (SSSR count). The van der Waals surface area contributed by atoms with Gasteiger partial charge in [0.05, 0.1) is 5.56 Å². The third kappa shape index (κ3) is 1.92. The lowest BCUT2D eigenvalue weighted by Crippen LogP contribution is -2.02. The second-order valence-electron chi connectivity index (χ2n) is 2.49. The molecule has 3 nitrogen and oxygen atoms in total. The monoisotopic (exact) mass is 184 g/mol. The van der Waals surface area contributed by atoms with Gasteiger partial charge in [0.1, 0.15) is 5.78 Å². The Morgan fingerprint density at radius 3 is 2.67 bits per heavy atom. The molecule has 1 N–H and O–H groups in total. The molecular formula is C8H8O3S. The molecular weight excluding hydrogens is 176 g/mol. The van der Waals surface area contributed by atoms with Gasteiger partial charge in [0.2, 0.25) is 0 Å². The van der Waals surface area contributed by atoms with Gasteiger partial charge in [-0.2, -0.15) is 11.3 Å². The molecule has 1 aromatic rings. The fourth-order valence-corrected chi connectivity index (χ4v) is 1.75. The molecule has 0 fully saturated rings. The predicted molar refractivity (Wildman–Crippen MR) is 45.7 cm³/mol. The van der Waals surface area contributed by atoms with Crippen molar-refractivity contribution in [3.8, 4) is 0 Å². The lowest BCUT2D eigenvalue weighted by atomic mass is 10.1. The number of thiophene rings is 1.